The van der Waals surface area contributed by atoms with Gasteiger partial charge < -0.3 is 20.5 Å². The molecule has 0 aliphatic carbocycles. The van der Waals surface area contributed by atoms with Gasteiger partial charge in [0.15, 0.2) is 0 Å². The highest BCUT2D eigenvalue weighted by Gasteiger charge is 2.46. The van der Waals surface area contributed by atoms with Gasteiger partial charge in [0.2, 0.25) is 0 Å². The number of fused-ring (bicyclic) bond motifs is 2. The van der Waals surface area contributed by atoms with Crippen molar-refractivity contribution in [2.75, 3.05) is 18.8 Å². The molecule has 6 heteroatoms. The van der Waals surface area contributed by atoms with Crippen molar-refractivity contribution < 1.29 is 14.6 Å². The van der Waals surface area contributed by atoms with Crippen molar-refractivity contribution in [1.29, 1.82) is 0 Å². The van der Waals surface area contributed by atoms with Crippen LogP contribution in [0.5, 0.6) is 0 Å². The van der Waals surface area contributed by atoms with E-state index in [1.807, 2.05) is 6.07 Å². The van der Waals surface area contributed by atoms with Crippen molar-refractivity contribution in [3.8, 4) is 0 Å². The van der Waals surface area contributed by atoms with Crippen LogP contribution in [-0.4, -0.2) is 34.2 Å². The molecule has 1 aromatic rings. The summed E-state index contributed by atoms with van der Waals surface area (Å²) in [5.74, 6) is 0.521. The molecule has 1 fully saturated rings. The van der Waals surface area contributed by atoms with E-state index in [1.165, 1.54) is 4.90 Å². The number of carboxylic acid groups (broad SMARTS) is 1. The number of piperidine rings is 1. The molecule has 1 aromatic heterocycles. The summed E-state index contributed by atoms with van der Waals surface area (Å²) in [6.07, 6.45) is 0.474. The molecule has 2 aliphatic rings. The van der Waals surface area contributed by atoms with Crippen LogP contribution in [0.4, 0.5) is 10.6 Å². The van der Waals surface area contributed by atoms with Crippen molar-refractivity contribution in [3.05, 3.63) is 22.9 Å². The van der Waals surface area contributed by atoms with Gasteiger partial charge in [-0.25, -0.2) is 9.78 Å². The van der Waals surface area contributed by atoms with Gasteiger partial charge in [-0.2, -0.15) is 0 Å². The van der Waals surface area contributed by atoms with E-state index < -0.39 is 11.7 Å². The van der Waals surface area contributed by atoms with E-state index in [1.54, 1.807) is 0 Å². The van der Waals surface area contributed by atoms with Gasteiger partial charge in [0.1, 0.15) is 5.82 Å². The number of pyridine rings is 1. The van der Waals surface area contributed by atoms with E-state index in [2.05, 4.69) is 25.8 Å². The van der Waals surface area contributed by atoms with Crippen molar-refractivity contribution >= 4 is 11.9 Å². The maximum absolute atomic E-state index is 11.1. The summed E-state index contributed by atoms with van der Waals surface area (Å²) in [6.45, 7) is 7.86. The van der Waals surface area contributed by atoms with Crippen LogP contribution in [0.2, 0.25) is 0 Å². The molecular weight excluding hydrogens is 282 g/mol. The number of hydrogen-bond donors (Lipinski definition) is 2. The number of carbonyl (C=O) groups is 1. The summed E-state index contributed by atoms with van der Waals surface area (Å²) in [4.78, 5) is 17.2. The molecule has 0 unspecified atom stereocenters. The Hall–Kier alpha value is -1.82. The molecule has 0 saturated carbocycles. The highest BCUT2D eigenvalue weighted by Crippen LogP contribution is 2.48. The maximum atomic E-state index is 11.1. The third kappa shape index (κ3) is 2.31. The van der Waals surface area contributed by atoms with Crippen LogP contribution in [0.1, 0.15) is 50.4 Å². The molecular formula is C16H23N3O3. The second-order valence-electron chi connectivity index (χ2n) is 7.23. The topological polar surface area (TPSA) is 88.7 Å². The molecule has 3 heterocycles. The fraction of sp³-hybridized carbons (Fsp3) is 0.625. The molecule has 0 bridgehead atoms. The first-order valence-corrected chi connectivity index (χ1v) is 7.65. The summed E-state index contributed by atoms with van der Waals surface area (Å²) in [6, 6.07) is 1.89. The minimum Gasteiger partial charge on any atom is -0.465 e. The molecule has 6 nitrogen and oxygen atoms in total. The molecule has 0 aromatic carbocycles. The van der Waals surface area contributed by atoms with Crippen molar-refractivity contribution in [2.24, 2.45) is 0 Å². The lowest BCUT2D eigenvalue weighted by atomic mass is 9.77. The molecule has 22 heavy (non-hydrogen) atoms. The van der Waals surface area contributed by atoms with Crippen LogP contribution in [-0.2, 0) is 22.4 Å². The van der Waals surface area contributed by atoms with Gasteiger partial charge in [-0.3, -0.25) is 0 Å². The molecule has 0 atom stereocenters. The Morgan fingerprint density at radius 2 is 2.05 bits per heavy atom. The van der Waals surface area contributed by atoms with Gasteiger partial charge in [-0.05, 0) is 24.5 Å². The zero-order valence-corrected chi connectivity index (χ0v) is 13.3. The molecule has 1 spiro atoms. The van der Waals surface area contributed by atoms with Crippen LogP contribution in [0.15, 0.2) is 6.07 Å². The number of nitrogens with zero attached hydrogens (tertiary/aromatic N) is 2. The second kappa shape index (κ2) is 4.84. The number of rotatable bonds is 0. The van der Waals surface area contributed by atoms with Crippen LogP contribution in [0.25, 0.3) is 0 Å². The number of hydrogen-bond acceptors (Lipinski definition) is 4. The minimum absolute atomic E-state index is 0.135. The second-order valence-corrected chi connectivity index (χ2v) is 7.23. The number of nitrogens with two attached hydrogens (primary N) is 1. The standard InChI is InChI=1S/C16H23N3O3/c1-15(2,3)13-12-10(8-11(17)18-13)9-22-16(12)4-6-19(7-5-16)14(20)21/h8H,4-7,9H2,1-3H3,(H2,17,18)(H,20,21). The third-order valence-electron chi connectivity index (χ3n) is 4.63. The maximum Gasteiger partial charge on any atom is 0.407 e. The summed E-state index contributed by atoms with van der Waals surface area (Å²) < 4.78 is 6.16. The Morgan fingerprint density at radius 1 is 1.41 bits per heavy atom. The lowest BCUT2D eigenvalue weighted by Gasteiger charge is -2.39. The predicted octanol–water partition coefficient (Wildman–Crippen LogP) is 2.46. The number of ether oxygens (including phenoxy) is 1. The van der Waals surface area contributed by atoms with E-state index in [9.17, 15) is 4.79 Å². The molecule has 1 amide bonds. The Morgan fingerprint density at radius 3 is 2.59 bits per heavy atom. The Kier molecular flexibility index (Phi) is 3.32. The van der Waals surface area contributed by atoms with Gasteiger partial charge in [0, 0.05) is 24.1 Å². The summed E-state index contributed by atoms with van der Waals surface area (Å²) in [5, 5.41) is 9.14. The van der Waals surface area contributed by atoms with E-state index in [0.29, 0.717) is 38.4 Å². The zero-order chi connectivity index (χ0) is 16.1. The Labute approximate surface area is 130 Å². The Balaban J connectivity index is 2.03. The van der Waals surface area contributed by atoms with Crippen molar-refractivity contribution in [3.63, 3.8) is 0 Å². The first-order valence-electron chi connectivity index (χ1n) is 7.65. The fourth-order valence-corrected chi connectivity index (χ4v) is 3.53. The van der Waals surface area contributed by atoms with Gasteiger partial charge in [0.05, 0.1) is 17.9 Å². The monoisotopic (exact) mass is 305 g/mol. The largest absolute Gasteiger partial charge is 0.465 e. The lowest BCUT2D eigenvalue weighted by molar-refractivity contribution is -0.0758. The smallest absolute Gasteiger partial charge is 0.407 e. The first kappa shape index (κ1) is 15.1. The number of anilines is 1. The average molecular weight is 305 g/mol. The van der Waals surface area contributed by atoms with Gasteiger partial charge >= 0.3 is 6.09 Å². The lowest BCUT2D eigenvalue weighted by Crippen LogP contribution is -2.45. The molecule has 0 radical (unpaired) electrons. The first-order chi connectivity index (χ1) is 10.2. The number of aromatic nitrogens is 1. The van der Waals surface area contributed by atoms with E-state index >= 15 is 0 Å². The molecule has 3 N–H and O–H groups in total. The SMILES string of the molecule is CC(C)(C)c1nc(N)cc2c1C1(CCN(C(=O)O)CC1)OC2. The minimum atomic E-state index is -0.862. The normalized spacial score (nSPS) is 20.2. The summed E-state index contributed by atoms with van der Waals surface area (Å²) in [5.41, 5.74) is 8.62. The van der Waals surface area contributed by atoms with Gasteiger partial charge in [0.25, 0.3) is 0 Å². The van der Waals surface area contributed by atoms with Gasteiger partial charge in [-0.15, -0.1) is 0 Å². The van der Waals surface area contributed by atoms with Gasteiger partial charge in [-0.1, -0.05) is 20.8 Å². The zero-order valence-electron chi connectivity index (χ0n) is 13.3. The van der Waals surface area contributed by atoms with Crippen LogP contribution in [0.3, 0.4) is 0 Å². The quantitative estimate of drug-likeness (QED) is 0.768. The van der Waals surface area contributed by atoms with Crippen LogP contribution >= 0.6 is 0 Å². The third-order valence-corrected chi connectivity index (χ3v) is 4.63. The van der Waals surface area contributed by atoms with E-state index in [0.717, 1.165) is 16.8 Å². The van der Waals surface area contributed by atoms with Crippen molar-refractivity contribution in [2.45, 2.75) is 51.2 Å². The van der Waals surface area contributed by atoms with Crippen LogP contribution in [0, 0.1) is 0 Å². The highest BCUT2D eigenvalue weighted by atomic mass is 16.5. The predicted molar refractivity (Wildman–Crippen MR) is 82.6 cm³/mol. The molecule has 120 valence electrons. The number of amides is 1. The number of nitrogen functional groups attached to an aromatic ring is 1. The van der Waals surface area contributed by atoms with Crippen molar-refractivity contribution in [1.82, 2.24) is 9.88 Å². The highest BCUT2D eigenvalue weighted by molar-refractivity contribution is 5.65. The summed E-state index contributed by atoms with van der Waals surface area (Å²) in [7, 11) is 0. The van der Waals surface area contributed by atoms with E-state index in [4.69, 9.17) is 15.6 Å². The van der Waals surface area contributed by atoms with E-state index in [-0.39, 0.29) is 5.41 Å². The number of likely N-dealkylation sites (tertiary alicyclic amines) is 1. The molecule has 3 rings (SSSR count). The fourth-order valence-electron chi connectivity index (χ4n) is 3.53. The average Bonchev–Trinajstić information content (AvgIpc) is 2.76. The van der Waals surface area contributed by atoms with Crippen LogP contribution < -0.4 is 5.73 Å². The molecule has 1 saturated heterocycles. The Bertz CT molecular complexity index is 614. The summed E-state index contributed by atoms with van der Waals surface area (Å²) >= 11 is 0. The molecule has 2 aliphatic heterocycles.